The molecule has 3 aliphatic rings. The van der Waals surface area contributed by atoms with Crippen molar-refractivity contribution in [1.29, 1.82) is 0 Å². The summed E-state index contributed by atoms with van der Waals surface area (Å²) in [7, 11) is 0. The van der Waals surface area contributed by atoms with Gasteiger partial charge in [-0.05, 0) is 60.8 Å². The van der Waals surface area contributed by atoms with Crippen molar-refractivity contribution in [3.05, 3.63) is 59.7 Å². The number of ether oxygens (including phenoxy) is 1. The lowest BCUT2D eigenvalue weighted by Gasteiger charge is -2.29. The molecule has 2 fully saturated rings. The van der Waals surface area contributed by atoms with Crippen molar-refractivity contribution in [1.82, 2.24) is 10.6 Å². The number of hydrogen-bond acceptors (Lipinski definition) is 4. The predicted molar refractivity (Wildman–Crippen MR) is 131 cm³/mol. The minimum absolute atomic E-state index is 0.0130. The molecular formula is C28H32N2O5. The van der Waals surface area contributed by atoms with Crippen molar-refractivity contribution in [3.8, 4) is 11.1 Å². The normalized spacial score (nSPS) is 25.4. The van der Waals surface area contributed by atoms with E-state index in [0.717, 1.165) is 19.3 Å². The van der Waals surface area contributed by atoms with Crippen LogP contribution in [0.4, 0.5) is 4.79 Å². The third kappa shape index (κ3) is 5.04. The number of alkyl carbamates (subject to hydrolysis) is 1. The standard InChI is InChI=1S/C28H32N2O5/c31-26(29-20-13-12-18(15-20)27(32)33)17-6-5-7-19(14-17)30-28(34)35-16-25-23-10-3-1-8-21(23)22-9-2-4-11-24(22)25/h1-4,8-11,17-20,25H,5-7,12-16H2,(H,29,31)(H,30,34)(H,32,33)/t17-,18-,19+,20+/m0/s1. The predicted octanol–water partition coefficient (Wildman–Crippen LogP) is 4.45. The van der Waals surface area contributed by atoms with Gasteiger partial charge in [0.05, 0.1) is 5.92 Å². The van der Waals surface area contributed by atoms with E-state index >= 15 is 0 Å². The highest BCUT2D eigenvalue weighted by Crippen LogP contribution is 2.44. The third-order valence-electron chi connectivity index (χ3n) is 7.84. The second kappa shape index (κ2) is 10.1. The van der Waals surface area contributed by atoms with Crippen molar-refractivity contribution in [2.24, 2.45) is 11.8 Å². The average molecular weight is 477 g/mol. The monoisotopic (exact) mass is 476 g/mol. The highest BCUT2D eigenvalue weighted by molar-refractivity contribution is 5.80. The molecule has 3 N–H and O–H groups in total. The van der Waals surface area contributed by atoms with Gasteiger partial charge in [0.1, 0.15) is 6.61 Å². The first-order valence-electron chi connectivity index (χ1n) is 12.6. The summed E-state index contributed by atoms with van der Waals surface area (Å²) in [5, 5.41) is 15.2. The average Bonchev–Trinajstić information content (AvgIpc) is 3.46. The van der Waals surface area contributed by atoms with Gasteiger partial charge in [-0.3, -0.25) is 9.59 Å². The Hall–Kier alpha value is -3.35. The van der Waals surface area contributed by atoms with Crippen molar-refractivity contribution in [2.45, 2.75) is 62.9 Å². The molecule has 0 bridgehead atoms. The lowest BCUT2D eigenvalue weighted by molar-refractivity contribution is -0.141. The smallest absolute Gasteiger partial charge is 0.407 e. The summed E-state index contributed by atoms with van der Waals surface area (Å²) >= 11 is 0. The van der Waals surface area contributed by atoms with Crippen LogP contribution in [0, 0.1) is 11.8 Å². The maximum absolute atomic E-state index is 12.8. The van der Waals surface area contributed by atoms with E-state index in [2.05, 4.69) is 34.9 Å². The summed E-state index contributed by atoms with van der Waals surface area (Å²) in [5.41, 5.74) is 4.73. The van der Waals surface area contributed by atoms with Gasteiger partial charge < -0.3 is 20.5 Å². The van der Waals surface area contributed by atoms with Crippen molar-refractivity contribution in [2.75, 3.05) is 6.61 Å². The topological polar surface area (TPSA) is 105 Å². The van der Waals surface area contributed by atoms with Gasteiger partial charge in [0.2, 0.25) is 5.91 Å². The molecule has 0 spiro atoms. The maximum atomic E-state index is 12.8. The van der Waals surface area contributed by atoms with Crippen LogP contribution in [0.3, 0.4) is 0 Å². The van der Waals surface area contributed by atoms with Crippen LogP contribution in [0.25, 0.3) is 11.1 Å². The number of aliphatic carboxylic acids is 1. The van der Waals surface area contributed by atoms with Gasteiger partial charge >= 0.3 is 12.1 Å². The van der Waals surface area contributed by atoms with E-state index < -0.39 is 12.1 Å². The number of carbonyl (C=O) groups is 3. The fourth-order valence-electron chi connectivity index (χ4n) is 6.02. The van der Waals surface area contributed by atoms with E-state index in [1.54, 1.807) is 0 Å². The van der Waals surface area contributed by atoms with E-state index in [1.165, 1.54) is 22.3 Å². The Kier molecular flexibility index (Phi) is 6.75. The molecule has 0 aromatic heterocycles. The number of hydrogen-bond donors (Lipinski definition) is 3. The summed E-state index contributed by atoms with van der Waals surface area (Å²) in [6.45, 7) is 0.267. The molecule has 7 nitrogen and oxygen atoms in total. The SMILES string of the molecule is O=C(N[C@@H]1CCC[C@H](C(=O)N[C@@H]2CC[C@H](C(=O)O)C2)C1)OCC1c2ccccc2-c2ccccc21. The maximum Gasteiger partial charge on any atom is 0.407 e. The summed E-state index contributed by atoms with van der Waals surface area (Å²) in [5.74, 6) is -1.34. The number of amides is 2. The molecule has 5 rings (SSSR count). The summed E-state index contributed by atoms with van der Waals surface area (Å²) < 4.78 is 5.67. The molecule has 0 aliphatic heterocycles. The Bertz CT molecular complexity index is 1070. The highest BCUT2D eigenvalue weighted by atomic mass is 16.5. The quantitative estimate of drug-likeness (QED) is 0.571. The van der Waals surface area contributed by atoms with Gasteiger partial charge in [0, 0.05) is 23.9 Å². The molecule has 7 heteroatoms. The molecule has 2 amide bonds. The summed E-state index contributed by atoms with van der Waals surface area (Å²) in [6.07, 6.45) is 4.39. The number of nitrogens with one attached hydrogen (secondary N) is 2. The molecule has 35 heavy (non-hydrogen) atoms. The van der Waals surface area contributed by atoms with Gasteiger partial charge in [-0.25, -0.2) is 4.79 Å². The van der Waals surface area contributed by atoms with Gasteiger partial charge in [-0.15, -0.1) is 0 Å². The number of rotatable bonds is 6. The van der Waals surface area contributed by atoms with Crippen LogP contribution >= 0.6 is 0 Å². The largest absolute Gasteiger partial charge is 0.481 e. The van der Waals surface area contributed by atoms with E-state index in [-0.39, 0.29) is 42.4 Å². The fraction of sp³-hybridized carbons (Fsp3) is 0.464. The fourth-order valence-corrected chi connectivity index (χ4v) is 6.02. The Balaban J connectivity index is 1.13. The van der Waals surface area contributed by atoms with Crippen molar-refractivity contribution in [3.63, 3.8) is 0 Å². The number of fused-ring (bicyclic) bond motifs is 3. The first-order chi connectivity index (χ1) is 17.0. The molecule has 3 aliphatic carbocycles. The van der Waals surface area contributed by atoms with Crippen LogP contribution in [0.2, 0.25) is 0 Å². The molecule has 4 atom stereocenters. The van der Waals surface area contributed by atoms with Crippen molar-refractivity contribution >= 4 is 18.0 Å². The molecule has 0 unspecified atom stereocenters. The number of carboxylic acids is 1. The second-order valence-electron chi connectivity index (χ2n) is 10.1. The Labute approximate surface area is 205 Å². The highest BCUT2D eigenvalue weighted by Gasteiger charge is 2.34. The second-order valence-corrected chi connectivity index (χ2v) is 10.1. The van der Waals surface area contributed by atoms with Gasteiger partial charge in [0.15, 0.2) is 0 Å². The molecule has 0 heterocycles. The third-order valence-corrected chi connectivity index (χ3v) is 7.84. The number of carboxylic acid groups (broad SMARTS) is 1. The zero-order chi connectivity index (χ0) is 24.4. The first kappa shape index (κ1) is 23.4. The molecule has 2 aromatic carbocycles. The zero-order valence-corrected chi connectivity index (χ0v) is 19.7. The molecule has 2 aromatic rings. The van der Waals surface area contributed by atoms with Crippen LogP contribution < -0.4 is 10.6 Å². The Morgan fingerprint density at radius 2 is 1.43 bits per heavy atom. The summed E-state index contributed by atoms with van der Waals surface area (Å²) in [6, 6.07) is 16.3. The van der Waals surface area contributed by atoms with Crippen molar-refractivity contribution < 1.29 is 24.2 Å². The molecule has 184 valence electrons. The Morgan fingerprint density at radius 3 is 2.09 bits per heavy atom. The lowest BCUT2D eigenvalue weighted by atomic mass is 9.85. The molecule has 0 saturated heterocycles. The first-order valence-corrected chi connectivity index (χ1v) is 12.6. The van der Waals surface area contributed by atoms with E-state index in [1.807, 2.05) is 24.3 Å². The minimum atomic E-state index is -0.785. The minimum Gasteiger partial charge on any atom is -0.481 e. The van der Waals surface area contributed by atoms with E-state index in [0.29, 0.717) is 25.7 Å². The van der Waals surface area contributed by atoms with E-state index in [9.17, 15) is 19.5 Å². The lowest BCUT2D eigenvalue weighted by Crippen LogP contribution is -2.44. The van der Waals surface area contributed by atoms with Crippen LogP contribution in [0.1, 0.15) is 62.0 Å². The Morgan fingerprint density at radius 1 is 0.800 bits per heavy atom. The van der Waals surface area contributed by atoms with Gasteiger partial charge in [0.25, 0.3) is 0 Å². The molecule has 0 radical (unpaired) electrons. The number of benzene rings is 2. The van der Waals surface area contributed by atoms with E-state index in [4.69, 9.17) is 4.74 Å². The van der Waals surface area contributed by atoms with Crippen LogP contribution in [-0.4, -0.2) is 41.8 Å². The van der Waals surface area contributed by atoms with Gasteiger partial charge in [-0.2, -0.15) is 0 Å². The number of carbonyl (C=O) groups excluding carboxylic acids is 2. The summed E-state index contributed by atoms with van der Waals surface area (Å²) in [4.78, 5) is 36.6. The van der Waals surface area contributed by atoms with Crippen LogP contribution in [-0.2, 0) is 14.3 Å². The molecule has 2 saturated carbocycles. The van der Waals surface area contributed by atoms with Crippen LogP contribution in [0.15, 0.2) is 48.5 Å². The molecular weight excluding hydrogens is 444 g/mol. The van der Waals surface area contributed by atoms with Crippen LogP contribution in [0.5, 0.6) is 0 Å². The van der Waals surface area contributed by atoms with Gasteiger partial charge in [-0.1, -0.05) is 55.0 Å². The zero-order valence-electron chi connectivity index (χ0n) is 19.7.